The van der Waals surface area contributed by atoms with Gasteiger partial charge in [-0.1, -0.05) is 19.3 Å². The predicted octanol–water partition coefficient (Wildman–Crippen LogP) is 1.11. The minimum absolute atomic E-state index is 0.00888. The predicted molar refractivity (Wildman–Crippen MR) is 74.2 cm³/mol. The maximum atomic E-state index is 12.3. The molecule has 0 bridgehead atoms. The van der Waals surface area contributed by atoms with E-state index in [1.807, 2.05) is 4.90 Å². The van der Waals surface area contributed by atoms with E-state index in [0.29, 0.717) is 13.1 Å². The van der Waals surface area contributed by atoms with Crippen molar-refractivity contribution in [2.45, 2.75) is 51.0 Å². The fourth-order valence-corrected chi connectivity index (χ4v) is 3.97. The summed E-state index contributed by atoms with van der Waals surface area (Å²) in [4.78, 5) is 14.3. The molecule has 1 saturated heterocycles. The Morgan fingerprint density at radius 2 is 1.63 bits per heavy atom. The van der Waals surface area contributed by atoms with Gasteiger partial charge < -0.3 is 4.90 Å². The van der Waals surface area contributed by atoms with Gasteiger partial charge in [0, 0.05) is 25.0 Å². The molecule has 1 N–H and O–H groups in total. The van der Waals surface area contributed by atoms with Crippen LogP contribution in [0.2, 0.25) is 0 Å². The van der Waals surface area contributed by atoms with Crippen LogP contribution in [-0.2, 0) is 14.8 Å². The van der Waals surface area contributed by atoms with Crippen LogP contribution in [0.25, 0.3) is 0 Å². The standard InChI is InChI=1S/C13H24N2O3S/c1-19(17,18)14-12-7-9-15(10-8-12)13(16)11-5-3-2-4-6-11/h11-12,14H,2-10H2,1H3. The minimum atomic E-state index is -3.14. The molecular formula is C13H24N2O3S. The van der Waals surface area contributed by atoms with Crippen molar-refractivity contribution >= 4 is 15.9 Å². The Labute approximate surface area is 115 Å². The molecule has 1 saturated carbocycles. The number of nitrogens with one attached hydrogen (secondary N) is 1. The number of rotatable bonds is 3. The fourth-order valence-electron chi connectivity index (χ4n) is 3.13. The molecule has 0 aromatic rings. The first-order chi connectivity index (χ1) is 8.96. The molecule has 0 radical (unpaired) electrons. The second kappa shape index (κ2) is 6.22. The van der Waals surface area contributed by atoms with Gasteiger partial charge in [0.2, 0.25) is 15.9 Å². The van der Waals surface area contributed by atoms with Crippen LogP contribution >= 0.6 is 0 Å². The van der Waals surface area contributed by atoms with Crippen LogP contribution in [-0.4, -0.2) is 44.6 Å². The van der Waals surface area contributed by atoms with Crippen molar-refractivity contribution < 1.29 is 13.2 Å². The Morgan fingerprint density at radius 1 is 1.05 bits per heavy atom. The third-order valence-corrected chi connectivity index (χ3v) is 4.90. The summed E-state index contributed by atoms with van der Waals surface area (Å²) < 4.78 is 25.0. The van der Waals surface area contributed by atoms with Gasteiger partial charge in [-0.05, 0) is 25.7 Å². The van der Waals surface area contributed by atoms with E-state index < -0.39 is 10.0 Å². The number of nitrogens with zero attached hydrogens (tertiary/aromatic N) is 1. The van der Waals surface area contributed by atoms with Gasteiger partial charge in [0.25, 0.3) is 0 Å². The van der Waals surface area contributed by atoms with E-state index in [1.54, 1.807) is 0 Å². The van der Waals surface area contributed by atoms with Gasteiger partial charge in [0.15, 0.2) is 0 Å². The molecule has 5 nitrogen and oxygen atoms in total. The number of hydrogen-bond donors (Lipinski definition) is 1. The molecule has 0 unspecified atom stereocenters. The van der Waals surface area contributed by atoms with Crippen LogP contribution in [0, 0.1) is 5.92 Å². The molecule has 2 rings (SSSR count). The Bertz CT molecular complexity index is 408. The Balaban J connectivity index is 1.80. The molecule has 0 spiro atoms. The summed E-state index contributed by atoms with van der Waals surface area (Å²) in [7, 11) is -3.14. The summed E-state index contributed by atoms with van der Waals surface area (Å²) in [6, 6.07) is -0.00888. The molecule has 110 valence electrons. The first-order valence-electron chi connectivity index (χ1n) is 7.22. The molecule has 1 amide bonds. The van der Waals surface area contributed by atoms with E-state index >= 15 is 0 Å². The lowest BCUT2D eigenvalue weighted by atomic mass is 9.87. The number of amides is 1. The van der Waals surface area contributed by atoms with Crippen LogP contribution in [0.3, 0.4) is 0 Å². The summed E-state index contributed by atoms with van der Waals surface area (Å²) in [5, 5.41) is 0. The Hall–Kier alpha value is -0.620. The second-order valence-corrected chi connectivity index (χ2v) is 7.60. The SMILES string of the molecule is CS(=O)(=O)NC1CCN(C(=O)C2CCCCC2)CC1. The highest BCUT2D eigenvalue weighted by molar-refractivity contribution is 7.88. The summed E-state index contributed by atoms with van der Waals surface area (Å²) in [5.74, 6) is 0.505. The molecule has 6 heteroatoms. The van der Waals surface area contributed by atoms with Crippen LogP contribution in [0.4, 0.5) is 0 Å². The number of carbonyl (C=O) groups is 1. The van der Waals surface area contributed by atoms with Crippen molar-refractivity contribution in [2.75, 3.05) is 19.3 Å². The zero-order chi connectivity index (χ0) is 13.9. The molecule has 2 aliphatic rings. The highest BCUT2D eigenvalue weighted by atomic mass is 32.2. The van der Waals surface area contributed by atoms with Gasteiger partial charge in [0.05, 0.1) is 6.26 Å². The molecule has 0 aromatic heterocycles. The van der Waals surface area contributed by atoms with E-state index in [4.69, 9.17) is 0 Å². The smallest absolute Gasteiger partial charge is 0.225 e. The van der Waals surface area contributed by atoms with Crippen molar-refractivity contribution in [1.29, 1.82) is 0 Å². The topological polar surface area (TPSA) is 66.5 Å². The first-order valence-corrected chi connectivity index (χ1v) is 9.11. The Morgan fingerprint density at radius 3 is 2.16 bits per heavy atom. The lowest BCUT2D eigenvalue weighted by Gasteiger charge is -2.35. The van der Waals surface area contributed by atoms with Crippen molar-refractivity contribution in [3.8, 4) is 0 Å². The van der Waals surface area contributed by atoms with E-state index in [2.05, 4.69) is 4.72 Å². The lowest BCUT2D eigenvalue weighted by molar-refractivity contribution is -0.137. The number of likely N-dealkylation sites (tertiary alicyclic amines) is 1. The Kier molecular flexibility index (Phi) is 4.84. The summed E-state index contributed by atoms with van der Waals surface area (Å²) >= 11 is 0. The number of carbonyl (C=O) groups excluding carboxylic acids is 1. The second-order valence-electron chi connectivity index (χ2n) is 5.82. The molecule has 0 aromatic carbocycles. The average molecular weight is 288 g/mol. The molecule has 2 fully saturated rings. The third kappa shape index (κ3) is 4.45. The van der Waals surface area contributed by atoms with Crippen molar-refractivity contribution in [2.24, 2.45) is 5.92 Å². The molecule has 19 heavy (non-hydrogen) atoms. The van der Waals surface area contributed by atoms with Gasteiger partial charge in [-0.15, -0.1) is 0 Å². The highest BCUT2D eigenvalue weighted by Gasteiger charge is 2.29. The highest BCUT2D eigenvalue weighted by Crippen LogP contribution is 2.26. The van der Waals surface area contributed by atoms with Crippen LogP contribution in [0.15, 0.2) is 0 Å². The van der Waals surface area contributed by atoms with Gasteiger partial charge >= 0.3 is 0 Å². The minimum Gasteiger partial charge on any atom is -0.342 e. The van der Waals surface area contributed by atoms with E-state index in [0.717, 1.165) is 25.7 Å². The third-order valence-electron chi connectivity index (χ3n) is 4.14. The maximum absolute atomic E-state index is 12.3. The summed E-state index contributed by atoms with van der Waals surface area (Å²) in [6.07, 6.45) is 8.29. The largest absolute Gasteiger partial charge is 0.342 e. The normalized spacial score (nSPS) is 23.5. The van der Waals surface area contributed by atoms with Gasteiger partial charge in [-0.3, -0.25) is 4.79 Å². The van der Waals surface area contributed by atoms with Crippen LogP contribution < -0.4 is 4.72 Å². The molecule has 1 aliphatic heterocycles. The van der Waals surface area contributed by atoms with Crippen LogP contribution in [0.5, 0.6) is 0 Å². The van der Waals surface area contributed by atoms with Gasteiger partial charge in [-0.2, -0.15) is 0 Å². The van der Waals surface area contributed by atoms with Gasteiger partial charge in [-0.25, -0.2) is 13.1 Å². The lowest BCUT2D eigenvalue weighted by Crippen LogP contribution is -2.48. The monoisotopic (exact) mass is 288 g/mol. The zero-order valence-electron chi connectivity index (χ0n) is 11.6. The van der Waals surface area contributed by atoms with E-state index in [1.165, 1.54) is 25.5 Å². The summed E-state index contributed by atoms with van der Waals surface area (Å²) in [5.41, 5.74) is 0. The average Bonchev–Trinajstić information content (AvgIpc) is 2.38. The maximum Gasteiger partial charge on any atom is 0.225 e. The molecular weight excluding hydrogens is 264 g/mol. The number of sulfonamides is 1. The number of piperidine rings is 1. The molecule has 1 aliphatic carbocycles. The van der Waals surface area contributed by atoms with E-state index in [-0.39, 0.29) is 17.9 Å². The quantitative estimate of drug-likeness (QED) is 0.846. The van der Waals surface area contributed by atoms with Crippen molar-refractivity contribution in [3.63, 3.8) is 0 Å². The summed E-state index contributed by atoms with van der Waals surface area (Å²) in [6.45, 7) is 1.37. The van der Waals surface area contributed by atoms with Crippen molar-refractivity contribution in [1.82, 2.24) is 9.62 Å². The van der Waals surface area contributed by atoms with Crippen LogP contribution in [0.1, 0.15) is 44.9 Å². The zero-order valence-corrected chi connectivity index (χ0v) is 12.4. The first kappa shape index (κ1) is 14.8. The molecule has 0 atom stereocenters. The van der Waals surface area contributed by atoms with E-state index in [9.17, 15) is 13.2 Å². The fraction of sp³-hybridized carbons (Fsp3) is 0.923. The van der Waals surface area contributed by atoms with Gasteiger partial charge in [0.1, 0.15) is 0 Å². The molecule has 1 heterocycles. The number of hydrogen-bond acceptors (Lipinski definition) is 3. The van der Waals surface area contributed by atoms with Crippen molar-refractivity contribution in [3.05, 3.63) is 0 Å².